The van der Waals surface area contributed by atoms with E-state index in [0.29, 0.717) is 13.0 Å². The van der Waals surface area contributed by atoms with Crippen molar-refractivity contribution in [1.82, 2.24) is 4.90 Å². The van der Waals surface area contributed by atoms with Gasteiger partial charge in [0.25, 0.3) is 5.92 Å². The Balaban J connectivity index is 2.16. The van der Waals surface area contributed by atoms with Crippen LogP contribution in [-0.2, 0) is 4.74 Å². The zero-order valence-corrected chi connectivity index (χ0v) is 7.96. The van der Waals surface area contributed by atoms with Crippen LogP contribution in [0.4, 0.5) is 8.78 Å². The van der Waals surface area contributed by atoms with Crippen LogP contribution in [0.5, 0.6) is 0 Å². The average molecular weight is 191 g/mol. The second-order valence-electron chi connectivity index (χ2n) is 4.24. The van der Waals surface area contributed by atoms with Crippen LogP contribution in [-0.4, -0.2) is 42.2 Å². The summed E-state index contributed by atoms with van der Waals surface area (Å²) < 4.78 is 31.8. The van der Waals surface area contributed by atoms with Gasteiger partial charge < -0.3 is 4.74 Å². The zero-order chi connectivity index (χ0) is 9.64. The summed E-state index contributed by atoms with van der Waals surface area (Å²) in [5, 5.41) is 0. The van der Waals surface area contributed by atoms with Crippen LogP contribution in [0.25, 0.3) is 0 Å². The molecule has 0 N–H and O–H groups in total. The van der Waals surface area contributed by atoms with Crippen molar-refractivity contribution in [3.05, 3.63) is 0 Å². The van der Waals surface area contributed by atoms with E-state index in [0.717, 1.165) is 0 Å². The van der Waals surface area contributed by atoms with Gasteiger partial charge in [-0.05, 0) is 20.3 Å². The van der Waals surface area contributed by atoms with Gasteiger partial charge >= 0.3 is 0 Å². The number of hydrogen-bond acceptors (Lipinski definition) is 2. The Morgan fingerprint density at radius 1 is 1.46 bits per heavy atom. The number of rotatable bonds is 1. The van der Waals surface area contributed by atoms with E-state index in [9.17, 15) is 8.78 Å². The molecule has 0 amide bonds. The minimum Gasteiger partial charge on any atom is -0.370 e. The summed E-state index contributed by atoms with van der Waals surface area (Å²) in [6, 6.07) is 0.392. The molecular formula is C9H15F2NO. The van der Waals surface area contributed by atoms with E-state index in [-0.39, 0.29) is 18.6 Å². The average Bonchev–Trinajstić information content (AvgIpc) is 2.43. The topological polar surface area (TPSA) is 12.5 Å². The molecular weight excluding hydrogens is 176 g/mol. The summed E-state index contributed by atoms with van der Waals surface area (Å²) in [5.41, 5.74) is 0. The van der Waals surface area contributed by atoms with Crippen molar-refractivity contribution >= 4 is 0 Å². The standard InChI is InChI=1S/C9H15F2NO/c1-6(2)12-5-9(10,11)8-3-7(12)4-13-8/h6-8H,3-5H2,1-2H3/t7-,8-/m0/s1. The van der Waals surface area contributed by atoms with Crippen LogP contribution in [0, 0.1) is 0 Å². The van der Waals surface area contributed by atoms with Crippen LogP contribution < -0.4 is 0 Å². The number of piperidine rings is 1. The molecule has 0 spiro atoms. The Kier molecular flexibility index (Phi) is 2.07. The summed E-state index contributed by atoms with van der Waals surface area (Å²) in [4.78, 5) is 1.85. The molecule has 2 rings (SSSR count). The SMILES string of the molecule is CC(C)N1CC(F)(F)[C@@H]2C[C@H]1CO2. The van der Waals surface area contributed by atoms with E-state index < -0.39 is 12.0 Å². The number of hydrogen-bond donors (Lipinski definition) is 0. The lowest BCUT2D eigenvalue weighted by molar-refractivity contribution is -0.136. The molecule has 0 unspecified atom stereocenters. The van der Waals surface area contributed by atoms with Gasteiger partial charge in [0.2, 0.25) is 0 Å². The van der Waals surface area contributed by atoms with Crippen molar-refractivity contribution in [3.63, 3.8) is 0 Å². The Morgan fingerprint density at radius 2 is 2.15 bits per heavy atom. The molecule has 0 radical (unpaired) electrons. The van der Waals surface area contributed by atoms with Gasteiger partial charge in [-0.3, -0.25) is 4.90 Å². The number of halogens is 2. The predicted molar refractivity (Wildman–Crippen MR) is 44.9 cm³/mol. The molecule has 0 aliphatic carbocycles. The van der Waals surface area contributed by atoms with E-state index in [1.165, 1.54) is 0 Å². The number of likely N-dealkylation sites (tertiary alicyclic amines) is 1. The minimum atomic E-state index is -2.66. The predicted octanol–water partition coefficient (Wildman–Crippen LogP) is 1.50. The van der Waals surface area contributed by atoms with Gasteiger partial charge in [-0.2, -0.15) is 0 Å². The highest BCUT2D eigenvalue weighted by molar-refractivity contribution is 4.98. The fraction of sp³-hybridized carbons (Fsp3) is 1.00. The fourth-order valence-corrected chi connectivity index (χ4v) is 2.21. The molecule has 2 aliphatic heterocycles. The third-order valence-corrected chi connectivity index (χ3v) is 2.97. The molecule has 2 bridgehead atoms. The molecule has 0 saturated carbocycles. The third-order valence-electron chi connectivity index (χ3n) is 2.97. The van der Waals surface area contributed by atoms with E-state index >= 15 is 0 Å². The second kappa shape index (κ2) is 2.89. The Bertz CT molecular complexity index is 208. The summed E-state index contributed by atoms with van der Waals surface area (Å²) in [7, 11) is 0. The highest BCUT2D eigenvalue weighted by atomic mass is 19.3. The van der Waals surface area contributed by atoms with Gasteiger partial charge in [0.1, 0.15) is 6.10 Å². The first kappa shape index (κ1) is 9.34. The summed E-state index contributed by atoms with van der Waals surface area (Å²) >= 11 is 0. The van der Waals surface area contributed by atoms with Crippen LogP contribution in [0.2, 0.25) is 0 Å². The van der Waals surface area contributed by atoms with Crippen molar-refractivity contribution in [2.45, 2.75) is 44.4 Å². The molecule has 76 valence electrons. The quantitative estimate of drug-likeness (QED) is 0.622. The lowest BCUT2D eigenvalue weighted by Crippen LogP contribution is -2.54. The van der Waals surface area contributed by atoms with Gasteiger partial charge in [-0.1, -0.05) is 0 Å². The second-order valence-corrected chi connectivity index (χ2v) is 4.24. The van der Waals surface area contributed by atoms with Crippen molar-refractivity contribution in [1.29, 1.82) is 0 Å². The number of fused-ring (bicyclic) bond motifs is 2. The minimum absolute atomic E-state index is 0.139. The van der Waals surface area contributed by atoms with Crippen LogP contribution in [0.1, 0.15) is 20.3 Å². The molecule has 2 fully saturated rings. The van der Waals surface area contributed by atoms with E-state index in [1.54, 1.807) is 0 Å². The Morgan fingerprint density at radius 3 is 2.77 bits per heavy atom. The summed E-state index contributed by atoms with van der Waals surface area (Å²) in [6.07, 6.45) is -0.335. The van der Waals surface area contributed by atoms with Gasteiger partial charge in [0.05, 0.1) is 13.2 Å². The maximum Gasteiger partial charge on any atom is 0.286 e. The number of ether oxygens (including phenoxy) is 1. The van der Waals surface area contributed by atoms with Gasteiger partial charge in [0.15, 0.2) is 0 Å². The smallest absolute Gasteiger partial charge is 0.286 e. The highest BCUT2D eigenvalue weighted by Crippen LogP contribution is 2.38. The maximum atomic E-state index is 13.3. The summed E-state index contributed by atoms with van der Waals surface area (Å²) in [6.45, 7) is 4.24. The molecule has 4 heteroatoms. The highest BCUT2D eigenvalue weighted by Gasteiger charge is 2.53. The van der Waals surface area contributed by atoms with Crippen molar-refractivity contribution in [2.24, 2.45) is 0 Å². The van der Waals surface area contributed by atoms with Crippen molar-refractivity contribution < 1.29 is 13.5 Å². The van der Waals surface area contributed by atoms with Gasteiger partial charge in [-0.25, -0.2) is 8.78 Å². The van der Waals surface area contributed by atoms with E-state index in [4.69, 9.17) is 4.74 Å². The molecule has 0 aromatic heterocycles. The number of nitrogens with zero attached hydrogens (tertiary/aromatic N) is 1. The lowest BCUT2D eigenvalue weighted by Gasteiger charge is -2.38. The molecule has 13 heavy (non-hydrogen) atoms. The van der Waals surface area contributed by atoms with Crippen LogP contribution >= 0.6 is 0 Å². The summed E-state index contributed by atoms with van der Waals surface area (Å²) in [5.74, 6) is -2.66. The van der Waals surface area contributed by atoms with Crippen molar-refractivity contribution in [2.75, 3.05) is 13.2 Å². The maximum absolute atomic E-state index is 13.3. The molecule has 2 nitrogen and oxygen atoms in total. The van der Waals surface area contributed by atoms with Gasteiger partial charge in [0, 0.05) is 12.1 Å². The molecule has 2 aliphatic rings. The lowest BCUT2D eigenvalue weighted by atomic mass is 9.98. The van der Waals surface area contributed by atoms with Crippen molar-refractivity contribution in [3.8, 4) is 0 Å². The third kappa shape index (κ3) is 1.46. The molecule has 0 aromatic rings. The van der Waals surface area contributed by atoms with Crippen LogP contribution in [0.3, 0.4) is 0 Å². The first-order chi connectivity index (χ1) is 6.00. The molecule has 2 atom stereocenters. The molecule has 2 saturated heterocycles. The first-order valence-electron chi connectivity index (χ1n) is 4.76. The zero-order valence-electron chi connectivity index (χ0n) is 7.96. The monoisotopic (exact) mass is 191 g/mol. The normalized spacial score (nSPS) is 38.5. The van der Waals surface area contributed by atoms with Gasteiger partial charge in [-0.15, -0.1) is 0 Å². The van der Waals surface area contributed by atoms with E-state index in [2.05, 4.69) is 0 Å². The largest absolute Gasteiger partial charge is 0.370 e. The molecule has 2 heterocycles. The fourth-order valence-electron chi connectivity index (χ4n) is 2.21. The van der Waals surface area contributed by atoms with Crippen LogP contribution in [0.15, 0.2) is 0 Å². The number of alkyl halides is 2. The molecule has 0 aromatic carbocycles. The Hall–Kier alpha value is -0.220. The van der Waals surface area contributed by atoms with E-state index in [1.807, 2.05) is 18.7 Å². The Labute approximate surface area is 76.9 Å². The first-order valence-corrected chi connectivity index (χ1v) is 4.76.